The number of rotatable bonds is 6. The van der Waals surface area contributed by atoms with Gasteiger partial charge in [0.2, 0.25) is 5.91 Å². The number of carbonyl (C=O) groups is 1. The van der Waals surface area contributed by atoms with Gasteiger partial charge in [0.25, 0.3) is 0 Å². The summed E-state index contributed by atoms with van der Waals surface area (Å²) in [4.78, 5) is 15.0. The summed E-state index contributed by atoms with van der Waals surface area (Å²) in [6.07, 6.45) is 5.48. The number of methoxy groups -OCH3 is 1. The molecule has 1 fully saturated rings. The minimum Gasteiger partial charge on any atom is -0.497 e. The largest absolute Gasteiger partial charge is 0.497 e. The summed E-state index contributed by atoms with van der Waals surface area (Å²) in [5, 5.41) is 13.3. The maximum Gasteiger partial charge on any atom is 0.227 e. The molecular weight excluding hydrogens is 380 g/mol. The lowest BCUT2D eigenvalue weighted by Gasteiger charge is -2.28. The van der Waals surface area contributed by atoms with Gasteiger partial charge in [0.15, 0.2) is 5.82 Å². The second-order valence-electron chi connectivity index (χ2n) is 8.24. The van der Waals surface area contributed by atoms with Crippen LogP contribution in [0.1, 0.15) is 29.7 Å². The Morgan fingerprint density at radius 1 is 1.30 bits per heavy atom. The highest BCUT2D eigenvalue weighted by atomic mass is 16.5. The third-order valence-electron chi connectivity index (χ3n) is 6.06. The average Bonchev–Trinajstić information content (AvgIpc) is 3.36. The number of benzene rings is 1. The van der Waals surface area contributed by atoms with E-state index in [9.17, 15) is 4.79 Å². The molecule has 5 rings (SSSR count). The minimum atomic E-state index is 0.114. The van der Waals surface area contributed by atoms with E-state index in [0.29, 0.717) is 19.5 Å². The monoisotopic (exact) mass is 406 g/mol. The Morgan fingerprint density at radius 2 is 2.17 bits per heavy atom. The fourth-order valence-corrected chi connectivity index (χ4v) is 4.20. The third-order valence-corrected chi connectivity index (χ3v) is 6.06. The van der Waals surface area contributed by atoms with Gasteiger partial charge in [-0.3, -0.25) is 9.48 Å². The quantitative estimate of drug-likeness (QED) is 0.627. The smallest absolute Gasteiger partial charge is 0.227 e. The van der Waals surface area contributed by atoms with Crippen molar-refractivity contribution in [2.24, 2.45) is 13.0 Å². The van der Waals surface area contributed by atoms with E-state index >= 15 is 0 Å². The fraction of sp³-hybridized carbons (Fsp3) is 0.455. The Hall–Kier alpha value is -3.16. The molecule has 0 saturated heterocycles. The van der Waals surface area contributed by atoms with Crippen molar-refractivity contribution in [3.63, 3.8) is 0 Å². The van der Waals surface area contributed by atoms with Crippen molar-refractivity contribution >= 4 is 5.91 Å². The van der Waals surface area contributed by atoms with Crippen LogP contribution in [-0.2, 0) is 37.8 Å². The number of amides is 1. The van der Waals surface area contributed by atoms with Gasteiger partial charge in [-0.2, -0.15) is 5.10 Å². The Morgan fingerprint density at radius 3 is 2.97 bits per heavy atom. The second-order valence-corrected chi connectivity index (χ2v) is 8.24. The van der Waals surface area contributed by atoms with E-state index in [0.717, 1.165) is 47.3 Å². The molecule has 0 N–H and O–H groups in total. The van der Waals surface area contributed by atoms with Crippen LogP contribution in [-0.4, -0.2) is 49.0 Å². The summed E-state index contributed by atoms with van der Waals surface area (Å²) >= 11 is 0. The standard InChI is InChI=1S/C22H26N6O2/c1-26-19-8-9-27(20(29)11-16-4-3-5-17(10-16)30-2)13-18(19)21(25-26)22-24-23-14-28(22)12-15-6-7-15/h3-5,10,14-15H,6-9,11-13H2,1-2H3. The molecule has 1 amide bonds. The van der Waals surface area contributed by atoms with Crippen molar-refractivity contribution in [2.75, 3.05) is 13.7 Å². The molecule has 0 unspecified atom stereocenters. The predicted molar refractivity (Wildman–Crippen MR) is 111 cm³/mol. The van der Waals surface area contributed by atoms with Crippen LogP contribution in [0.4, 0.5) is 0 Å². The zero-order valence-corrected chi connectivity index (χ0v) is 17.4. The number of hydrogen-bond acceptors (Lipinski definition) is 5. The predicted octanol–water partition coefficient (Wildman–Crippen LogP) is 2.22. The van der Waals surface area contributed by atoms with Crippen molar-refractivity contribution < 1.29 is 9.53 Å². The summed E-state index contributed by atoms with van der Waals surface area (Å²) in [7, 11) is 3.61. The summed E-state index contributed by atoms with van der Waals surface area (Å²) < 4.78 is 9.32. The highest BCUT2D eigenvalue weighted by molar-refractivity contribution is 5.79. The average molecular weight is 406 g/mol. The molecule has 8 nitrogen and oxygen atoms in total. The Kier molecular flexibility index (Phi) is 4.77. The molecule has 1 saturated carbocycles. The van der Waals surface area contributed by atoms with Crippen LogP contribution in [0.2, 0.25) is 0 Å². The van der Waals surface area contributed by atoms with E-state index in [1.54, 1.807) is 13.4 Å². The number of fused-ring (bicyclic) bond motifs is 1. The number of hydrogen-bond donors (Lipinski definition) is 0. The van der Waals surface area contributed by atoms with Crippen molar-refractivity contribution in [1.29, 1.82) is 0 Å². The van der Waals surface area contributed by atoms with E-state index < -0.39 is 0 Å². The lowest BCUT2D eigenvalue weighted by atomic mass is 10.0. The summed E-state index contributed by atoms with van der Waals surface area (Å²) in [6.45, 7) is 2.19. The van der Waals surface area contributed by atoms with Crippen molar-refractivity contribution in [3.05, 3.63) is 47.4 Å². The van der Waals surface area contributed by atoms with Gasteiger partial charge in [0.1, 0.15) is 17.8 Å². The van der Waals surface area contributed by atoms with E-state index in [2.05, 4.69) is 14.8 Å². The SMILES string of the molecule is COc1cccc(CC(=O)N2CCc3c(c(-c4nncn4CC4CC4)nn3C)C2)c1. The molecule has 156 valence electrons. The number of aromatic nitrogens is 5. The molecule has 1 aliphatic heterocycles. The van der Waals surface area contributed by atoms with Gasteiger partial charge in [-0.15, -0.1) is 10.2 Å². The van der Waals surface area contributed by atoms with E-state index in [1.807, 2.05) is 40.9 Å². The Balaban J connectivity index is 1.38. The lowest BCUT2D eigenvalue weighted by molar-refractivity contribution is -0.131. The first-order valence-corrected chi connectivity index (χ1v) is 10.5. The topological polar surface area (TPSA) is 78.1 Å². The van der Waals surface area contributed by atoms with Crippen LogP contribution in [0.15, 0.2) is 30.6 Å². The molecule has 1 aliphatic carbocycles. The Bertz CT molecular complexity index is 1080. The molecule has 2 aliphatic rings. The van der Waals surface area contributed by atoms with Gasteiger partial charge in [0, 0.05) is 44.4 Å². The van der Waals surface area contributed by atoms with Crippen molar-refractivity contribution in [2.45, 2.75) is 38.8 Å². The number of aryl methyl sites for hydroxylation is 1. The maximum atomic E-state index is 13.0. The highest BCUT2D eigenvalue weighted by Crippen LogP contribution is 2.33. The maximum absolute atomic E-state index is 13.0. The molecule has 8 heteroatoms. The summed E-state index contributed by atoms with van der Waals surface area (Å²) in [6, 6.07) is 7.69. The fourth-order valence-electron chi connectivity index (χ4n) is 4.20. The van der Waals surface area contributed by atoms with E-state index in [4.69, 9.17) is 9.84 Å². The summed E-state index contributed by atoms with van der Waals surface area (Å²) in [5.41, 5.74) is 4.08. The first-order valence-electron chi connectivity index (χ1n) is 10.5. The van der Waals surface area contributed by atoms with Crippen LogP contribution in [0.25, 0.3) is 11.5 Å². The molecular formula is C22H26N6O2. The first kappa shape index (κ1) is 18.8. The number of carbonyl (C=O) groups excluding carboxylic acids is 1. The second kappa shape index (κ2) is 7.59. The van der Waals surface area contributed by atoms with Crippen LogP contribution in [0.3, 0.4) is 0 Å². The van der Waals surface area contributed by atoms with Crippen LogP contribution in [0.5, 0.6) is 5.75 Å². The Labute approximate surface area is 175 Å². The highest BCUT2D eigenvalue weighted by Gasteiger charge is 2.30. The van der Waals surface area contributed by atoms with Gasteiger partial charge in [-0.05, 0) is 36.5 Å². The van der Waals surface area contributed by atoms with Gasteiger partial charge in [-0.25, -0.2) is 0 Å². The van der Waals surface area contributed by atoms with Gasteiger partial charge in [0.05, 0.1) is 13.5 Å². The van der Waals surface area contributed by atoms with E-state index in [-0.39, 0.29) is 5.91 Å². The molecule has 1 aromatic carbocycles. The zero-order valence-electron chi connectivity index (χ0n) is 17.4. The third kappa shape index (κ3) is 3.58. The first-order chi connectivity index (χ1) is 14.6. The van der Waals surface area contributed by atoms with Gasteiger partial charge < -0.3 is 14.2 Å². The molecule has 0 radical (unpaired) electrons. The number of ether oxygens (including phenoxy) is 1. The van der Waals surface area contributed by atoms with Crippen LogP contribution in [0, 0.1) is 5.92 Å². The molecule has 2 aromatic heterocycles. The van der Waals surface area contributed by atoms with Gasteiger partial charge >= 0.3 is 0 Å². The minimum absolute atomic E-state index is 0.114. The molecule has 3 aromatic rings. The molecule has 0 spiro atoms. The number of nitrogens with zero attached hydrogens (tertiary/aromatic N) is 6. The van der Waals surface area contributed by atoms with E-state index in [1.165, 1.54) is 18.5 Å². The van der Waals surface area contributed by atoms with Gasteiger partial charge in [-0.1, -0.05) is 12.1 Å². The molecule has 0 bridgehead atoms. The molecule has 0 atom stereocenters. The normalized spacial score (nSPS) is 15.9. The summed E-state index contributed by atoms with van der Waals surface area (Å²) in [5.74, 6) is 2.41. The van der Waals surface area contributed by atoms with Crippen molar-refractivity contribution in [1.82, 2.24) is 29.4 Å². The van der Waals surface area contributed by atoms with Crippen molar-refractivity contribution in [3.8, 4) is 17.3 Å². The molecule has 30 heavy (non-hydrogen) atoms. The van der Waals surface area contributed by atoms with Crippen LogP contribution >= 0.6 is 0 Å². The molecule has 3 heterocycles. The lowest BCUT2D eigenvalue weighted by Crippen LogP contribution is -2.37. The zero-order chi connectivity index (χ0) is 20.7. The van der Waals surface area contributed by atoms with Crippen LogP contribution < -0.4 is 4.74 Å².